The Morgan fingerprint density at radius 1 is 1.12 bits per heavy atom. The molecule has 1 saturated heterocycles. The van der Waals surface area contributed by atoms with Crippen LogP contribution in [0.2, 0.25) is 0 Å². The lowest BCUT2D eigenvalue weighted by molar-refractivity contribution is -0.270. The molecule has 0 spiro atoms. The van der Waals surface area contributed by atoms with Gasteiger partial charge in [0.25, 0.3) is 5.91 Å². The predicted octanol–water partition coefficient (Wildman–Crippen LogP) is 5.13. The van der Waals surface area contributed by atoms with E-state index in [4.69, 9.17) is 14.2 Å². The Hall–Kier alpha value is -2.86. The third-order valence-corrected chi connectivity index (χ3v) is 6.82. The smallest absolute Gasteiger partial charge is 0.303 e. The van der Waals surface area contributed by atoms with Crippen molar-refractivity contribution in [3.63, 3.8) is 0 Å². The summed E-state index contributed by atoms with van der Waals surface area (Å²) in [5, 5.41) is 2.65. The van der Waals surface area contributed by atoms with E-state index in [-0.39, 0.29) is 29.3 Å². The Morgan fingerprint density at radius 3 is 2.42 bits per heavy atom. The highest BCUT2D eigenvalue weighted by molar-refractivity contribution is 5.95. The van der Waals surface area contributed by atoms with Gasteiger partial charge in [0.05, 0.1) is 6.10 Å². The Kier molecular flexibility index (Phi) is 7.48. The second-order valence-corrected chi connectivity index (χ2v) is 9.35. The van der Waals surface area contributed by atoms with Crippen LogP contribution in [-0.4, -0.2) is 37.4 Å². The maximum Gasteiger partial charge on any atom is 0.303 e. The van der Waals surface area contributed by atoms with E-state index in [0.717, 1.165) is 23.1 Å². The number of amides is 1. The second-order valence-electron chi connectivity index (χ2n) is 9.35. The fraction of sp³-hybridized carbons (Fsp3) is 0.481. The normalized spacial score (nSPS) is 24.1. The van der Waals surface area contributed by atoms with E-state index in [1.54, 1.807) is 13.1 Å². The lowest BCUT2D eigenvalue weighted by Crippen LogP contribution is -2.58. The number of hydrogen-bond donors (Lipinski definition) is 1. The number of benzene rings is 2. The topological polar surface area (TPSA) is 73.9 Å². The van der Waals surface area contributed by atoms with Crippen molar-refractivity contribution in [3.8, 4) is 16.9 Å². The number of carbonyl (C=O) groups is 2. The molecular formula is C27H35NO5. The highest BCUT2D eigenvalue weighted by Gasteiger charge is 2.51. The fourth-order valence-electron chi connectivity index (χ4n) is 4.45. The fourth-order valence-corrected chi connectivity index (χ4v) is 4.45. The molecule has 1 fully saturated rings. The van der Waals surface area contributed by atoms with Crippen LogP contribution < -0.4 is 10.1 Å². The molecule has 1 heterocycles. The zero-order valence-corrected chi connectivity index (χ0v) is 20.6. The largest absolute Gasteiger partial charge is 0.461 e. The zero-order chi connectivity index (χ0) is 24.3. The predicted molar refractivity (Wildman–Crippen MR) is 128 cm³/mol. The third-order valence-electron chi connectivity index (χ3n) is 6.82. The highest BCUT2D eigenvalue weighted by Crippen LogP contribution is 2.44. The maximum absolute atomic E-state index is 12.0. The highest BCUT2D eigenvalue weighted by atomic mass is 16.7. The first-order valence-electron chi connectivity index (χ1n) is 11.5. The Morgan fingerprint density at radius 2 is 1.82 bits per heavy atom. The van der Waals surface area contributed by atoms with Crippen molar-refractivity contribution in [1.29, 1.82) is 0 Å². The van der Waals surface area contributed by atoms with Crippen molar-refractivity contribution in [1.82, 2.24) is 5.32 Å². The summed E-state index contributed by atoms with van der Waals surface area (Å²) < 4.78 is 18.3. The van der Waals surface area contributed by atoms with E-state index in [0.29, 0.717) is 11.3 Å². The average molecular weight is 454 g/mol. The summed E-state index contributed by atoms with van der Waals surface area (Å²) in [5.74, 6) is 0.392. The van der Waals surface area contributed by atoms with Crippen LogP contribution in [0, 0.1) is 18.3 Å². The standard InChI is InChI=1S/C27H35NO5/c1-8-22-17(3)27(5,6)24(31-18(4)29)26(32-22)33-23-13-12-20(14-16(23)2)19-10-9-11-21(15-19)25(30)28-7/h9-15,17,22,24,26H,8H2,1-7H3,(H,28,30)/t17-,22-,24-,26-/m1/s1. The summed E-state index contributed by atoms with van der Waals surface area (Å²) in [4.78, 5) is 23.9. The Bertz CT molecular complexity index is 1020. The summed E-state index contributed by atoms with van der Waals surface area (Å²) in [5.41, 5.74) is 3.14. The molecule has 0 unspecified atom stereocenters. The van der Waals surface area contributed by atoms with Crippen LogP contribution in [0.3, 0.4) is 0 Å². The van der Waals surface area contributed by atoms with Gasteiger partial charge < -0.3 is 19.5 Å². The SMILES string of the molecule is CC[C@H]1O[C@H](Oc2ccc(-c3cccc(C(=O)NC)c3)cc2C)[C@@H](OC(C)=O)C(C)(C)[C@@H]1C. The molecule has 4 atom stereocenters. The molecule has 178 valence electrons. The Balaban J connectivity index is 1.89. The van der Waals surface area contributed by atoms with Crippen LogP contribution in [0.4, 0.5) is 0 Å². The van der Waals surface area contributed by atoms with Gasteiger partial charge in [-0.05, 0) is 60.2 Å². The molecule has 1 N–H and O–H groups in total. The van der Waals surface area contributed by atoms with Crippen molar-refractivity contribution < 1.29 is 23.8 Å². The van der Waals surface area contributed by atoms with Crippen molar-refractivity contribution in [2.45, 2.75) is 66.5 Å². The summed E-state index contributed by atoms with van der Waals surface area (Å²) >= 11 is 0. The molecule has 2 aromatic rings. The van der Waals surface area contributed by atoms with Gasteiger partial charge in [-0.3, -0.25) is 9.59 Å². The molecule has 2 aromatic carbocycles. The number of esters is 1. The number of rotatable bonds is 6. The van der Waals surface area contributed by atoms with Crippen LogP contribution >= 0.6 is 0 Å². The van der Waals surface area contributed by atoms with E-state index in [1.165, 1.54) is 6.92 Å². The second kappa shape index (κ2) is 9.96. The molecule has 33 heavy (non-hydrogen) atoms. The lowest BCUT2D eigenvalue weighted by atomic mass is 9.70. The van der Waals surface area contributed by atoms with Crippen molar-refractivity contribution >= 4 is 11.9 Å². The number of aryl methyl sites for hydroxylation is 1. The van der Waals surface area contributed by atoms with Crippen LogP contribution in [0.25, 0.3) is 11.1 Å². The van der Waals surface area contributed by atoms with Gasteiger partial charge in [-0.15, -0.1) is 0 Å². The van der Waals surface area contributed by atoms with Gasteiger partial charge in [0, 0.05) is 24.9 Å². The van der Waals surface area contributed by atoms with Crippen molar-refractivity contribution in [3.05, 3.63) is 53.6 Å². The minimum absolute atomic E-state index is 0.00355. The molecule has 0 radical (unpaired) electrons. The summed E-state index contributed by atoms with van der Waals surface area (Å²) in [6, 6.07) is 13.4. The quantitative estimate of drug-likeness (QED) is 0.614. The molecular weight excluding hydrogens is 418 g/mol. The lowest BCUT2D eigenvalue weighted by Gasteiger charge is -2.49. The first-order chi connectivity index (χ1) is 15.6. The van der Waals surface area contributed by atoms with Crippen LogP contribution in [0.15, 0.2) is 42.5 Å². The zero-order valence-electron chi connectivity index (χ0n) is 20.6. The molecule has 1 aliphatic heterocycles. The molecule has 1 aliphatic rings. The van der Waals surface area contributed by atoms with E-state index < -0.39 is 12.4 Å². The van der Waals surface area contributed by atoms with E-state index in [2.05, 4.69) is 33.0 Å². The van der Waals surface area contributed by atoms with Crippen LogP contribution in [0.1, 0.15) is 57.0 Å². The van der Waals surface area contributed by atoms with E-state index in [9.17, 15) is 9.59 Å². The monoisotopic (exact) mass is 453 g/mol. The first-order valence-corrected chi connectivity index (χ1v) is 11.5. The summed E-state index contributed by atoms with van der Waals surface area (Å²) in [6.45, 7) is 11.8. The first kappa shape index (κ1) is 24.8. The average Bonchev–Trinajstić information content (AvgIpc) is 2.79. The van der Waals surface area contributed by atoms with Crippen LogP contribution in [0.5, 0.6) is 5.75 Å². The van der Waals surface area contributed by atoms with Crippen LogP contribution in [-0.2, 0) is 14.3 Å². The Labute approximate surface area is 196 Å². The molecule has 6 heteroatoms. The molecule has 1 amide bonds. The minimum Gasteiger partial charge on any atom is -0.461 e. The molecule has 0 aromatic heterocycles. The number of ether oxygens (including phenoxy) is 3. The molecule has 0 bridgehead atoms. The van der Waals surface area contributed by atoms with Gasteiger partial charge in [0.1, 0.15) is 5.75 Å². The van der Waals surface area contributed by atoms with Gasteiger partial charge in [-0.2, -0.15) is 0 Å². The van der Waals surface area contributed by atoms with Crippen molar-refractivity contribution in [2.24, 2.45) is 11.3 Å². The number of carbonyl (C=O) groups excluding carboxylic acids is 2. The molecule has 6 nitrogen and oxygen atoms in total. The van der Waals surface area contributed by atoms with E-state index in [1.807, 2.05) is 43.3 Å². The molecule has 0 saturated carbocycles. The maximum atomic E-state index is 12.0. The minimum atomic E-state index is -0.703. The molecule has 0 aliphatic carbocycles. The summed E-state index contributed by atoms with van der Waals surface area (Å²) in [7, 11) is 1.62. The van der Waals surface area contributed by atoms with Gasteiger partial charge in [0.15, 0.2) is 6.10 Å². The van der Waals surface area contributed by atoms with Gasteiger partial charge in [-0.25, -0.2) is 0 Å². The van der Waals surface area contributed by atoms with Gasteiger partial charge >= 0.3 is 5.97 Å². The summed E-state index contributed by atoms with van der Waals surface area (Å²) in [6.07, 6.45) is -0.386. The third kappa shape index (κ3) is 5.22. The number of hydrogen-bond acceptors (Lipinski definition) is 5. The van der Waals surface area contributed by atoms with Gasteiger partial charge in [0.2, 0.25) is 6.29 Å². The van der Waals surface area contributed by atoms with Gasteiger partial charge in [-0.1, -0.05) is 45.9 Å². The van der Waals surface area contributed by atoms with Crippen molar-refractivity contribution in [2.75, 3.05) is 7.05 Å². The molecule has 3 rings (SSSR count). The van der Waals surface area contributed by atoms with E-state index >= 15 is 0 Å². The number of nitrogens with one attached hydrogen (secondary N) is 1.